The minimum atomic E-state index is -5.22. The van der Waals surface area contributed by atoms with Gasteiger partial charge in [-0.1, -0.05) is 115 Å². The summed E-state index contributed by atoms with van der Waals surface area (Å²) in [6, 6.07) is 38.2. The average Bonchev–Trinajstić information content (AvgIpc) is 3.42. The third-order valence-electron chi connectivity index (χ3n) is 7.41. The molecule has 1 aromatic heterocycles. The standard InChI is InChI=1S/C34H26FNO4S2/c35-34(41(37,38)27-19-9-3-10-20-27,42(39,40)28-21-11-4-12-22-28)32(25-15-5-1-6-16-25)31-29-23-13-14-24-30(29)36-33(31)26-17-7-2-8-18-26/h1-24,32,36H/t32-/m1/s1. The highest BCUT2D eigenvalue weighted by atomic mass is 32.3. The van der Waals surface area contributed by atoms with Crippen LogP contribution in [0.15, 0.2) is 155 Å². The summed E-state index contributed by atoms with van der Waals surface area (Å²) < 4.78 is 73.2. The lowest BCUT2D eigenvalue weighted by Gasteiger charge is -2.34. The van der Waals surface area contributed by atoms with Crippen molar-refractivity contribution >= 4 is 30.6 Å². The molecule has 6 aromatic rings. The summed E-state index contributed by atoms with van der Waals surface area (Å²) in [6.07, 6.45) is 0. The van der Waals surface area contributed by atoms with Gasteiger partial charge in [-0.15, -0.1) is 0 Å². The van der Waals surface area contributed by atoms with Crippen LogP contribution in [0.5, 0.6) is 0 Å². The van der Waals surface area contributed by atoms with Gasteiger partial charge in [-0.3, -0.25) is 0 Å². The van der Waals surface area contributed by atoms with Crippen LogP contribution in [0, 0.1) is 0 Å². The smallest absolute Gasteiger partial charge is 0.328 e. The molecule has 1 heterocycles. The van der Waals surface area contributed by atoms with E-state index in [-0.39, 0.29) is 11.1 Å². The second kappa shape index (κ2) is 10.7. The molecule has 0 spiro atoms. The normalized spacial score (nSPS) is 13.2. The van der Waals surface area contributed by atoms with Crippen molar-refractivity contribution < 1.29 is 21.2 Å². The van der Waals surface area contributed by atoms with Gasteiger partial charge in [0.15, 0.2) is 0 Å². The topological polar surface area (TPSA) is 84.1 Å². The predicted octanol–water partition coefficient (Wildman–Crippen LogP) is 7.54. The molecule has 0 saturated carbocycles. The molecule has 8 heteroatoms. The molecule has 0 aliphatic rings. The molecule has 0 saturated heterocycles. The molecule has 42 heavy (non-hydrogen) atoms. The third-order valence-corrected chi connectivity index (χ3v) is 12.5. The lowest BCUT2D eigenvalue weighted by molar-refractivity contribution is 0.328. The van der Waals surface area contributed by atoms with Gasteiger partial charge < -0.3 is 4.98 Å². The number of hydrogen-bond acceptors (Lipinski definition) is 4. The molecule has 0 radical (unpaired) electrons. The number of rotatable bonds is 8. The fraction of sp³-hybridized carbons (Fsp3) is 0.0588. The Bertz CT molecular complexity index is 1990. The van der Waals surface area contributed by atoms with Crippen LogP contribution < -0.4 is 0 Å². The summed E-state index contributed by atoms with van der Waals surface area (Å²) in [5.41, 5.74) is 2.12. The zero-order valence-corrected chi connectivity index (χ0v) is 23.9. The predicted molar refractivity (Wildman–Crippen MR) is 163 cm³/mol. The molecule has 0 aliphatic carbocycles. The quantitative estimate of drug-likeness (QED) is 0.197. The maximum atomic E-state index is 18.7. The number of halogens is 1. The fourth-order valence-electron chi connectivity index (χ4n) is 5.46. The van der Waals surface area contributed by atoms with Crippen molar-refractivity contribution in [2.75, 3.05) is 0 Å². The molecule has 5 nitrogen and oxygen atoms in total. The number of fused-ring (bicyclic) bond motifs is 1. The molecule has 0 fully saturated rings. The average molecular weight is 596 g/mol. The van der Waals surface area contributed by atoms with Crippen molar-refractivity contribution in [3.05, 3.63) is 157 Å². The largest absolute Gasteiger partial charge is 0.354 e. The number of hydrogen-bond donors (Lipinski definition) is 1. The van der Waals surface area contributed by atoms with E-state index in [1.165, 1.54) is 48.5 Å². The first-order valence-electron chi connectivity index (χ1n) is 13.3. The van der Waals surface area contributed by atoms with E-state index in [0.717, 1.165) is 0 Å². The molecule has 1 N–H and O–H groups in total. The van der Waals surface area contributed by atoms with E-state index in [1.54, 1.807) is 66.7 Å². The first-order chi connectivity index (χ1) is 20.3. The van der Waals surface area contributed by atoms with Gasteiger partial charge in [0, 0.05) is 10.9 Å². The van der Waals surface area contributed by atoms with Gasteiger partial charge >= 0.3 is 4.33 Å². The number of aromatic nitrogens is 1. The second-order valence-electron chi connectivity index (χ2n) is 9.88. The molecule has 5 aromatic carbocycles. The van der Waals surface area contributed by atoms with E-state index >= 15 is 4.39 Å². The number of benzene rings is 5. The van der Waals surface area contributed by atoms with Crippen molar-refractivity contribution in [2.24, 2.45) is 0 Å². The Labute approximate surface area is 244 Å². The Morgan fingerprint density at radius 2 is 0.976 bits per heavy atom. The van der Waals surface area contributed by atoms with Crippen LogP contribution >= 0.6 is 0 Å². The van der Waals surface area contributed by atoms with E-state index < -0.39 is 39.7 Å². The van der Waals surface area contributed by atoms with Crippen LogP contribution in [0.2, 0.25) is 0 Å². The monoisotopic (exact) mass is 595 g/mol. The van der Waals surface area contributed by atoms with E-state index in [9.17, 15) is 16.8 Å². The fourth-order valence-corrected chi connectivity index (χ4v) is 9.99. The van der Waals surface area contributed by atoms with Crippen LogP contribution in [-0.2, 0) is 19.7 Å². The summed E-state index contributed by atoms with van der Waals surface area (Å²) in [5.74, 6) is -1.79. The minimum absolute atomic E-state index is 0.195. The molecule has 6 rings (SSSR count). The maximum absolute atomic E-state index is 18.7. The van der Waals surface area contributed by atoms with Gasteiger partial charge in [0.2, 0.25) is 19.7 Å². The highest BCUT2D eigenvalue weighted by molar-refractivity contribution is 8.10. The zero-order chi connectivity index (χ0) is 29.4. The van der Waals surface area contributed by atoms with Gasteiger partial charge in [-0.05, 0) is 47.0 Å². The molecule has 0 unspecified atom stereocenters. The van der Waals surface area contributed by atoms with Crippen LogP contribution in [0.3, 0.4) is 0 Å². The van der Waals surface area contributed by atoms with Crippen molar-refractivity contribution in [3.63, 3.8) is 0 Å². The Morgan fingerprint density at radius 3 is 1.50 bits per heavy atom. The van der Waals surface area contributed by atoms with Gasteiger partial charge in [0.05, 0.1) is 21.4 Å². The number of alkyl halides is 1. The summed E-state index contributed by atoms with van der Waals surface area (Å²) in [7, 11) is -10.4. The van der Waals surface area contributed by atoms with Crippen molar-refractivity contribution in [2.45, 2.75) is 20.0 Å². The van der Waals surface area contributed by atoms with Crippen molar-refractivity contribution in [3.8, 4) is 11.3 Å². The Balaban J connectivity index is 1.80. The number of H-pyrrole nitrogens is 1. The van der Waals surface area contributed by atoms with E-state index in [4.69, 9.17) is 0 Å². The number of aromatic amines is 1. The number of nitrogens with one attached hydrogen (secondary N) is 1. The zero-order valence-electron chi connectivity index (χ0n) is 22.3. The van der Waals surface area contributed by atoms with Gasteiger partial charge in [-0.2, -0.15) is 0 Å². The third kappa shape index (κ3) is 4.35. The van der Waals surface area contributed by atoms with Crippen LogP contribution in [0.4, 0.5) is 4.39 Å². The maximum Gasteiger partial charge on any atom is 0.328 e. The summed E-state index contributed by atoms with van der Waals surface area (Å²) >= 11 is 0. The Kier molecular flexibility index (Phi) is 7.04. The summed E-state index contributed by atoms with van der Waals surface area (Å²) in [4.78, 5) is 2.46. The first-order valence-corrected chi connectivity index (χ1v) is 16.2. The van der Waals surface area contributed by atoms with Crippen LogP contribution in [0.25, 0.3) is 22.2 Å². The number of sulfone groups is 2. The van der Waals surface area contributed by atoms with Crippen LogP contribution in [-0.4, -0.2) is 26.2 Å². The van der Waals surface area contributed by atoms with E-state index in [1.807, 2.05) is 30.3 Å². The molecule has 0 amide bonds. The SMILES string of the molecule is O=S(=O)(c1ccccc1)C(F)([C@H](c1ccccc1)c1c(-c2ccccc2)[nH]c2ccccc12)S(=O)(=O)c1ccccc1. The molecule has 1 atom stereocenters. The van der Waals surface area contributed by atoms with Gasteiger partial charge in [0.1, 0.15) is 0 Å². The molecule has 210 valence electrons. The van der Waals surface area contributed by atoms with Gasteiger partial charge in [0.25, 0.3) is 0 Å². The Hall–Kier alpha value is -4.53. The first kappa shape index (κ1) is 27.6. The lowest BCUT2D eigenvalue weighted by Crippen LogP contribution is -2.48. The molecular weight excluding hydrogens is 570 g/mol. The number of para-hydroxylation sites is 1. The highest BCUT2D eigenvalue weighted by Crippen LogP contribution is 2.53. The Morgan fingerprint density at radius 1 is 0.548 bits per heavy atom. The summed E-state index contributed by atoms with van der Waals surface area (Å²) in [6.45, 7) is 0. The lowest BCUT2D eigenvalue weighted by atomic mass is 9.88. The van der Waals surface area contributed by atoms with E-state index in [0.29, 0.717) is 22.2 Å². The van der Waals surface area contributed by atoms with Crippen LogP contribution in [0.1, 0.15) is 17.0 Å². The van der Waals surface area contributed by atoms with E-state index in [2.05, 4.69) is 4.98 Å². The molecular formula is C34H26FNO4S2. The minimum Gasteiger partial charge on any atom is -0.354 e. The second-order valence-corrected chi connectivity index (χ2v) is 14.3. The molecule has 0 aliphatic heterocycles. The highest BCUT2D eigenvalue weighted by Gasteiger charge is 2.64. The summed E-state index contributed by atoms with van der Waals surface area (Å²) in [5, 5.41) is 0.513. The van der Waals surface area contributed by atoms with Crippen molar-refractivity contribution in [1.82, 2.24) is 4.98 Å². The van der Waals surface area contributed by atoms with Crippen molar-refractivity contribution in [1.29, 1.82) is 0 Å². The molecule has 0 bridgehead atoms. The van der Waals surface area contributed by atoms with Gasteiger partial charge in [-0.25, -0.2) is 21.2 Å².